The molecule has 0 atom stereocenters. The summed E-state index contributed by atoms with van der Waals surface area (Å²) in [7, 11) is 1.88. The van der Waals surface area contributed by atoms with Gasteiger partial charge in [-0.05, 0) is 48.1 Å². The quantitative estimate of drug-likeness (QED) is 0.634. The van der Waals surface area contributed by atoms with Crippen molar-refractivity contribution in [2.75, 3.05) is 51.5 Å². The van der Waals surface area contributed by atoms with E-state index in [-0.39, 0.29) is 5.41 Å². The number of piperazine rings is 1. The summed E-state index contributed by atoms with van der Waals surface area (Å²) in [6, 6.07) is 10.7. The molecule has 28 heavy (non-hydrogen) atoms. The number of guanidine groups is 1. The van der Waals surface area contributed by atoms with E-state index in [1.165, 1.54) is 23.4 Å². The van der Waals surface area contributed by atoms with Gasteiger partial charge >= 0.3 is 0 Å². The Morgan fingerprint density at radius 3 is 2.68 bits per heavy atom. The third kappa shape index (κ3) is 3.28. The lowest BCUT2D eigenvalue weighted by Gasteiger charge is -2.37. The lowest BCUT2D eigenvalue weighted by Crippen LogP contribution is -2.53. The number of rotatable bonds is 4. The minimum atomic E-state index is 0.190. The Hall–Kier alpha value is -2.41. The Morgan fingerprint density at radius 1 is 1.14 bits per heavy atom. The first-order valence-electron chi connectivity index (χ1n) is 9.92. The van der Waals surface area contributed by atoms with Crippen molar-refractivity contribution in [1.82, 2.24) is 10.2 Å². The fourth-order valence-electron chi connectivity index (χ4n) is 4.11. The number of anilines is 1. The highest BCUT2D eigenvalue weighted by Crippen LogP contribution is 2.49. The van der Waals surface area contributed by atoms with E-state index in [1.807, 2.05) is 24.5 Å². The van der Waals surface area contributed by atoms with Crippen LogP contribution in [0.15, 0.2) is 40.7 Å². The van der Waals surface area contributed by atoms with Gasteiger partial charge in [-0.15, -0.1) is 11.3 Å². The Kier molecular flexibility index (Phi) is 4.55. The molecule has 2 aromatic rings. The van der Waals surface area contributed by atoms with Crippen molar-refractivity contribution >= 4 is 22.3 Å². The van der Waals surface area contributed by atoms with Crippen LogP contribution in [0.3, 0.4) is 0 Å². The van der Waals surface area contributed by atoms with Crippen LogP contribution in [-0.2, 0) is 5.41 Å². The molecule has 1 N–H and O–H groups in total. The van der Waals surface area contributed by atoms with Gasteiger partial charge in [0.2, 0.25) is 6.79 Å². The Labute approximate surface area is 169 Å². The summed E-state index contributed by atoms with van der Waals surface area (Å²) in [6.07, 6.45) is 2.39. The van der Waals surface area contributed by atoms with Gasteiger partial charge in [-0.3, -0.25) is 4.99 Å². The first-order valence-corrected chi connectivity index (χ1v) is 10.8. The summed E-state index contributed by atoms with van der Waals surface area (Å²) in [5.41, 5.74) is 1.53. The van der Waals surface area contributed by atoms with Crippen molar-refractivity contribution < 1.29 is 9.47 Å². The Morgan fingerprint density at radius 2 is 1.96 bits per heavy atom. The first kappa shape index (κ1) is 17.7. The average Bonchev–Trinajstić information content (AvgIpc) is 3.13. The zero-order valence-corrected chi connectivity index (χ0v) is 17.0. The Balaban J connectivity index is 1.20. The van der Waals surface area contributed by atoms with Crippen LogP contribution in [0.2, 0.25) is 0 Å². The number of nitrogens with one attached hydrogen (secondary N) is 1. The minimum Gasteiger partial charge on any atom is -0.454 e. The van der Waals surface area contributed by atoms with Crippen LogP contribution in [0.25, 0.3) is 0 Å². The largest absolute Gasteiger partial charge is 0.454 e. The second kappa shape index (κ2) is 7.20. The van der Waals surface area contributed by atoms with E-state index in [1.54, 1.807) is 0 Å². The highest BCUT2D eigenvalue weighted by Gasteiger charge is 2.45. The molecule has 0 bridgehead atoms. The second-order valence-electron chi connectivity index (χ2n) is 7.67. The topological polar surface area (TPSA) is 49.3 Å². The van der Waals surface area contributed by atoms with Crippen LogP contribution in [0.1, 0.15) is 18.4 Å². The van der Waals surface area contributed by atoms with Gasteiger partial charge < -0.3 is 24.6 Å². The van der Waals surface area contributed by atoms with Crippen molar-refractivity contribution in [1.29, 1.82) is 0 Å². The fourth-order valence-corrected chi connectivity index (χ4v) is 4.90. The molecule has 2 aliphatic heterocycles. The predicted molar refractivity (Wildman–Crippen MR) is 113 cm³/mol. The minimum absolute atomic E-state index is 0.190. The van der Waals surface area contributed by atoms with Gasteiger partial charge in [-0.2, -0.15) is 0 Å². The molecule has 1 saturated carbocycles. The van der Waals surface area contributed by atoms with E-state index in [9.17, 15) is 0 Å². The number of hydrogen-bond donors (Lipinski definition) is 1. The zero-order chi connectivity index (χ0) is 19.0. The molecule has 3 heterocycles. The van der Waals surface area contributed by atoms with Crippen LogP contribution in [0.4, 0.5) is 5.00 Å². The van der Waals surface area contributed by atoms with Crippen LogP contribution >= 0.6 is 11.3 Å². The first-order chi connectivity index (χ1) is 13.8. The van der Waals surface area contributed by atoms with Crippen molar-refractivity contribution in [3.8, 4) is 11.5 Å². The van der Waals surface area contributed by atoms with Crippen molar-refractivity contribution in [2.24, 2.45) is 4.99 Å². The van der Waals surface area contributed by atoms with Crippen molar-refractivity contribution in [3.05, 3.63) is 41.3 Å². The lowest BCUT2D eigenvalue weighted by molar-refractivity contribution is 0.174. The summed E-state index contributed by atoms with van der Waals surface area (Å²) >= 11 is 1.82. The SMILES string of the molecule is CN=C(NCC1(c2ccc3c(c2)OCO3)CC1)N1CCN(c2cccs2)CC1. The molecule has 1 aliphatic carbocycles. The number of thiophene rings is 1. The van der Waals surface area contributed by atoms with E-state index < -0.39 is 0 Å². The molecule has 0 amide bonds. The van der Waals surface area contributed by atoms with Crippen LogP contribution in [0.5, 0.6) is 11.5 Å². The van der Waals surface area contributed by atoms with E-state index >= 15 is 0 Å². The molecule has 2 fully saturated rings. The molecule has 1 aromatic carbocycles. The fraction of sp³-hybridized carbons (Fsp3) is 0.476. The maximum Gasteiger partial charge on any atom is 0.231 e. The summed E-state index contributed by atoms with van der Waals surface area (Å²) < 4.78 is 11.0. The molecular formula is C21H26N4O2S. The third-order valence-corrected chi connectivity index (χ3v) is 6.96. The third-order valence-electron chi connectivity index (χ3n) is 6.03. The molecule has 1 saturated heterocycles. The number of ether oxygens (including phenoxy) is 2. The van der Waals surface area contributed by atoms with Crippen LogP contribution in [0, 0.1) is 0 Å². The maximum atomic E-state index is 5.57. The molecule has 0 unspecified atom stereocenters. The molecule has 148 valence electrons. The molecule has 0 spiro atoms. The van der Waals surface area contributed by atoms with E-state index in [0.29, 0.717) is 6.79 Å². The zero-order valence-electron chi connectivity index (χ0n) is 16.2. The smallest absolute Gasteiger partial charge is 0.231 e. The van der Waals surface area contributed by atoms with E-state index in [4.69, 9.17) is 9.47 Å². The van der Waals surface area contributed by atoms with Gasteiger partial charge in [0, 0.05) is 45.2 Å². The van der Waals surface area contributed by atoms with Gasteiger partial charge in [0.25, 0.3) is 0 Å². The van der Waals surface area contributed by atoms with Crippen molar-refractivity contribution in [3.63, 3.8) is 0 Å². The molecule has 5 rings (SSSR count). The average molecular weight is 399 g/mol. The van der Waals surface area contributed by atoms with Gasteiger partial charge in [0.1, 0.15) is 0 Å². The summed E-state index contributed by atoms with van der Waals surface area (Å²) in [5, 5.41) is 7.16. The van der Waals surface area contributed by atoms with Crippen LogP contribution in [-0.4, -0.2) is 57.4 Å². The van der Waals surface area contributed by atoms with Gasteiger partial charge in [0.05, 0.1) is 5.00 Å². The number of benzene rings is 1. The number of nitrogens with zero attached hydrogens (tertiary/aromatic N) is 3. The molecule has 3 aliphatic rings. The predicted octanol–water partition coefficient (Wildman–Crippen LogP) is 2.91. The lowest BCUT2D eigenvalue weighted by atomic mass is 9.95. The van der Waals surface area contributed by atoms with E-state index in [0.717, 1.165) is 50.2 Å². The molecule has 1 aromatic heterocycles. The Bertz CT molecular complexity index is 855. The van der Waals surface area contributed by atoms with Crippen molar-refractivity contribution in [2.45, 2.75) is 18.3 Å². The van der Waals surface area contributed by atoms with Gasteiger partial charge in [0.15, 0.2) is 17.5 Å². The summed E-state index contributed by atoms with van der Waals surface area (Å²) in [6.45, 7) is 5.30. The number of fused-ring (bicyclic) bond motifs is 1. The molecule has 6 nitrogen and oxygen atoms in total. The number of aliphatic imine (C=N–C) groups is 1. The molecular weight excluding hydrogens is 372 g/mol. The standard InChI is InChI=1S/C21H26N4O2S/c1-22-20(25-10-8-24(9-11-25)19-3-2-12-28-19)23-14-21(6-7-21)16-4-5-17-18(13-16)27-15-26-17/h2-5,12-13H,6-11,14-15H2,1H3,(H,22,23). The normalized spacial score (nSPS) is 20.4. The number of hydrogen-bond acceptors (Lipinski definition) is 5. The second-order valence-corrected chi connectivity index (χ2v) is 8.60. The van der Waals surface area contributed by atoms with Crippen LogP contribution < -0.4 is 19.7 Å². The summed E-state index contributed by atoms with van der Waals surface area (Å²) in [4.78, 5) is 9.39. The molecule has 7 heteroatoms. The van der Waals surface area contributed by atoms with E-state index in [2.05, 4.69) is 49.8 Å². The summed E-state index contributed by atoms with van der Waals surface area (Å²) in [5.74, 6) is 2.74. The monoisotopic (exact) mass is 398 g/mol. The van der Waals surface area contributed by atoms with Gasteiger partial charge in [-0.1, -0.05) is 6.07 Å². The van der Waals surface area contributed by atoms with Gasteiger partial charge in [-0.25, -0.2) is 0 Å². The maximum absolute atomic E-state index is 5.57. The highest BCUT2D eigenvalue weighted by molar-refractivity contribution is 7.14. The highest BCUT2D eigenvalue weighted by atomic mass is 32.1. The molecule has 0 radical (unpaired) electrons.